The zero-order chi connectivity index (χ0) is 22.1. The van der Waals surface area contributed by atoms with Gasteiger partial charge in [-0.1, -0.05) is 18.2 Å². The van der Waals surface area contributed by atoms with E-state index in [-0.39, 0.29) is 23.7 Å². The number of carbonyl (C=O) groups is 2. The molecule has 0 N–H and O–H groups in total. The molecule has 0 unspecified atom stereocenters. The Bertz CT molecular complexity index is 1130. The van der Waals surface area contributed by atoms with Gasteiger partial charge in [-0.2, -0.15) is 5.10 Å². The number of amides is 1. The van der Waals surface area contributed by atoms with Crippen LogP contribution in [0.15, 0.2) is 36.5 Å². The molecule has 1 aromatic carbocycles. The summed E-state index contributed by atoms with van der Waals surface area (Å²) >= 11 is 0. The van der Waals surface area contributed by atoms with Crippen LogP contribution in [-0.4, -0.2) is 44.7 Å². The van der Waals surface area contributed by atoms with Crippen LogP contribution in [0, 0.1) is 25.7 Å². The van der Waals surface area contributed by atoms with Crippen molar-refractivity contribution in [1.82, 2.24) is 19.7 Å². The molecule has 2 heterocycles. The third kappa shape index (κ3) is 4.17. The summed E-state index contributed by atoms with van der Waals surface area (Å²) in [4.78, 5) is 32.1. The van der Waals surface area contributed by atoms with E-state index >= 15 is 0 Å². The van der Waals surface area contributed by atoms with Crippen LogP contribution in [-0.2, 0) is 23.1 Å². The monoisotopic (exact) mass is 420 g/mol. The molecule has 3 aromatic rings. The van der Waals surface area contributed by atoms with Crippen molar-refractivity contribution in [2.75, 3.05) is 13.2 Å². The number of hydrogen-bond donors (Lipinski definition) is 0. The van der Waals surface area contributed by atoms with Crippen LogP contribution < -0.4 is 0 Å². The van der Waals surface area contributed by atoms with E-state index in [0.29, 0.717) is 25.3 Å². The molecular formula is C24H28N4O3. The van der Waals surface area contributed by atoms with Gasteiger partial charge in [-0.15, -0.1) is 0 Å². The predicted molar refractivity (Wildman–Crippen MR) is 117 cm³/mol. The number of pyridine rings is 1. The number of aromatic nitrogens is 3. The molecule has 1 aliphatic carbocycles. The largest absolute Gasteiger partial charge is 0.466 e. The molecular weight excluding hydrogens is 392 g/mol. The minimum absolute atomic E-state index is 0.0595. The number of ether oxygens (including phenoxy) is 1. The zero-order valence-corrected chi connectivity index (χ0v) is 18.5. The second kappa shape index (κ2) is 8.49. The Kier molecular flexibility index (Phi) is 5.76. The third-order valence-electron chi connectivity index (χ3n) is 6.14. The van der Waals surface area contributed by atoms with Crippen molar-refractivity contribution >= 4 is 22.8 Å². The molecule has 2 atom stereocenters. The van der Waals surface area contributed by atoms with E-state index in [9.17, 15) is 9.59 Å². The van der Waals surface area contributed by atoms with Gasteiger partial charge in [0.1, 0.15) is 0 Å². The summed E-state index contributed by atoms with van der Waals surface area (Å²) in [7, 11) is 1.91. The van der Waals surface area contributed by atoms with E-state index in [0.717, 1.165) is 34.3 Å². The highest BCUT2D eigenvalue weighted by atomic mass is 16.5. The topological polar surface area (TPSA) is 77.3 Å². The second-order valence-corrected chi connectivity index (χ2v) is 8.19. The van der Waals surface area contributed by atoms with Gasteiger partial charge in [-0.25, -0.2) is 0 Å². The number of esters is 1. The highest BCUT2D eigenvalue weighted by Gasteiger charge is 2.45. The average Bonchev–Trinajstić information content (AvgIpc) is 3.49. The summed E-state index contributed by atoms with van der Waals surface area (Å²) in [6.07, 6.45) is 2.43. The van der Waals surface area contributed by atoms with Crippen molar-refractivity contribution in [3.8, 4) is 0 Å². The Morgan fingerprint density at radius 1 is 1.23 bits per heavy atom. The summed E-state index contributed by atoms with van der Waals surface area (Å²) in [5.74, 6) is -0.229. The molecule has 162 valence electrons. The molecule has 7 heteroatoms. The highest BCUT2D eigenvalue weighted by Crippen LogP contribution is 2.40. The van der Waals surface area contributed by atoms with Crippen molar-refractivity contribution in [2.24, 2.45) is 18.9 Å². The minimum Gasteiger partial charge on any atom is -0.466 e. The van der Waals surface area contributed by atoms with Gasteiger partial charge < -0.3 is 9.64 Å². The summed E-state index contributed by atoms with van der Waals surface area (Å²) in [5, 5.41) is 5.33. The maximum Gasteiger partial charge on any atom is 0.309 e. The third-order valence-corrected chi connectivity index (χ3v) is 6.14. The Morgan fingerprint density at radius 3 is 2.71 bits per heavy atom. The molecule has 0 radical (unpaired) electrons. The molecule has 0 bridgehead atoms. The molecule has 0 spiro atoms. The molecule has 1 aliphatic rings. The molecule has 1 saturated carbocycles. The van der Waals surface area contributed by atoms with Crippen molar-refractivity contribution in [3.63, 3.8) is 0 Å². The van der Waals surface area contributed by atoms with Gasteiger partial charge in [0.2, 0.25) is 0 Å². The number of nitrogens with zero attached hydrogens (tertiary/aromatic N) is 4. The molecule has 7 nitrogen and oxygen atoms in total. The van der Waals surface area contributed by atoms with Gasteiger partial charge in [-0.05, 0) is 45.2 Å². The summed E-state index contributed by atoms with van der Waals surface area (Å²) in [6, 6.07) is 9.43. The van der Waals surface area contributed by atoms with Gasteiger partial charge in [0.05, 0.1) is 29.3 Å². The Morgan fingerprint density at radius 2 is 2.00 bits per heavy atom. The van der Waals surface area contributed by atoms with Crippen LogP contribution in [0.4, 0.5) is 0 Å². The van der Waals surface area contributed by atoms with Crippen LogP contribution >= 0.6 is 0 Å². The second-order valence-electron chi connectivity index (χ2n) is 8.19. The lowest BCUT2D eigenvalue weighted by Gasteiger charge is -2.24. The molecule has 0 aliphatic heterocycles. The average molecular weight is 421 g/mol. The number of hydrogen-bond acceptors (Lipinski definition) is 5. The number of benzene rings is 1. The lowest BCUT2D eigenvalue weighted by atomic mass is 10.1. The normalized spacial score (nSPS) is 17.5. The van der Waals surface area contributed by atoms with Gasteiger partial charge in [-0.3, -0.25) is 19.3 Å². The summed E-state index contributed by atoms with van der Waals surface area (Å²) < 4.78 is 7.02. The first-order valence-corrected chi connectivity index (χ1v) is 10.7. The lowest BCUT2D eigenvalue weighted by molar-refractivity contribution is -0.145. The van der Waals surface area contributed by atoms with E-state index < -0.39 is 0 Å². The van der Waals surface area contributed by atoms with Crippen LogP contribution in [0.3, 0.4) is 0 Å². The smallest absolute Gasteiger partial charge is 0.309 e. The molecule has 1 fully saturated rings. The lowest BCUT2D eigenvalue weighted by Crippen LogP contribution is -2.33. The van der Waals surface area contributed by atoms with E-state index in [1.165, 1.54) is 0 Å². The standard InChI is InChI=1S/C24H28N4O3/c1-5-31-24(30)20-12-17(20)13-28(14-21-15(2)26-27(4)16(21)3)23(29)19-10-11-25-22-9-7-6-8-18(19)22/h6-11,17,20H,5,12-14H2,1-4H3/t17-,20+/m1/s1. The van der Waals surface area contributed by atoms with Crippen LogP contribution in [0.2, 0.25) is 0 Å². The van der Waals surface area contributed by atoms with E-state index in [4.69, 9.17) is 4.74 Å². The SMILES string of the molecule is CCOC(=O)[C@H]1C[C@@H]1CN(Cc1c(C)nn(C)c1C)C(=O)c1ccnc2ccccc12. The maximum atomic E-state index is 13.7. The van der Waals surface area contributed by atoms with E-state index in [2.05, 4.69) is 10.1 Å². The minimum atomic E-state index is -0.164. The molecule has 0 saturated heterocycles. The van der Waals surface area contributed by atoms with Gasteiger partial charge >= 0.3 is 5.97 Å². The number of aryl methyl sites for hydroxylation is 2. The van der Waals surface area contributed by atoms with Gasteiger partial charge in [0.25, 0.3) is 5.91 Å². The fraction of sp³-hybridized carbons (Fsp3) is 0.417. The predicted octanol–water partition coefficient (Wildman–Crippen LogP) is 3.43. The van der Waals surface area contributed by atoms with Gasteiger partial charge in [0.15, 0.2) is 0 Å². The first kappa shape index (κ1) is 21.0. The number of para-hydroxylation sites is 1. The van der Waals surface area contributed by atoms with Crippen molar-refractivity contribution in [2.45, 2.75) is 33.7 Å². The number of fused-ring (bicyclic) bond motifs is 1. The van der Waals surface area contributed by atoms with Crippen LogP contribution in [0.25, 0.3) is 10.9 Å². The fourth-order valence-corrected chi connectivity index (χ4v) is 4.18. The molecule has 4 rings (SSSR count). The molecule has 1 amide bonds. The van der Waals surface area contributed by atoms with Crippen molar-refractivity contribution in [3.05, 3.63) is 59.0 Å². The highest BCUT2D eigenvalue weighted by molar-refractivity contribution is 6.06. The Labute approximate surface area is 182 Å². The van der Waals surface area contributed by atoms with Gasteiger partial charge in [0, 0.05) is 43.0 Å². The van der Waals surface area contributed by atoms with Crippen LogP contribution in [0.5, 0.6) is 0 Å². The van der Waals surface area contributed by atoms with Crippen molar-refractivity contribution in [1.29, 1.82) is 0 Å². The molecule has 31 heavy (non-hydrogen) atoms. The first-order valence-electron chi connectivity index (χ1n) is 10.7. The number of carbonyl (C=O) groups excluding carboxylic acids is 2. The Hall–Kier alpha value is -3.22. The first-order chi connectivity index (χ1) is 14.9. The Balaban J connectivity index is 1.65. The quantitative estimate of drug-likeness (QED) is 0.547. The number of rotatable bonds is 7. The van der Waals surface area contributed by atoms with Crippen LogP contribution in [0.1, 0.15) is 40.7 Å². The molecule has 2 aromatic heterocycles. The van der Waals surface area contributed by atoms with E-state index in [1.54, 1.807) is 12.3 Å². The maximum absolute atomic E-state index is 13.7. The zero-order valence-electron chi connectivity index (χ0n) is 18.5. The summed E-state index contributed by atoms with van der Waals surface area (Å²) in [6.45, 7) is 7.12. The van der Waals surface area contributed by atoms with E-state index in [1.807, 2.05) is 61.7 Å². The fourth-order valence-electron chi connectivity index (χ4n) is 4.18. The summed E-state index contributed by atoms with van der Waals surface area (Å²) in [5.41, 5.74) is 4.40. The van der Waals surface area contributed by atoms with Crippen molar-refractivity contribution < 1.29 is 14.3 Å².